The molecule has 1 unspecified atom stereocenters. The molecule has 1 aromatic heterocycles. The molecule has 2 heterocycles. The Morgan fingerprint density at radius 1 is 1.32 bits per heavy atom. The maximum absolute atomic E-state index is 9.75. The van der Waals surface area contributed by atoms with Crippen molar-refractivity contribution < 1.29 is 5.11 Å². The number of aryl methyl sites for hydroxylation is 1. The summed E-state index contributed by atoms with van der Waals surface area (Å²) in [6.07, 6.45) is 4.31. The second-order valence-corrected chi connectivity index (χ2v) is 5.11. The molecule has 3 rings (SSSR count). The second-order valence-electron chi connectivity index (χ2n) is 5.11. The fourth-order valence-corrected chi connectivity index (χ4v) is 2.75. The molecule has 0 saturated carbocycles. The third-order valence-electron chi connectivity index (χ3n) is 3.81. The predicted molar refractivity (Wildman–Crippen MR) is 77.1 cm³/mol. The first-order valence-electron chi connectivity index (χ1n) is 6.65. The number of rotatable bonds is 2. The maximum atomic E-state index is 9.75. The van der Waals surface area contributed by atoms with Crippen molar-refractivity contribution in [3.63, 3.8) is 0 Å². The molecule has 3 nitrogen and oxygen atoms in total. The van der Waals surface area contributed by atoms with Gasteiger partial charge in [-0.15, -0.1) is 0 Å². The number of aliphatic hydroxyl groups is 1. The van der Waals surface area contributed by atoms with Gasteiger partial charge in [-0.1, -0.05) is 6.07 Å². The van der Waals surface area contributed by atoms with Crippen LogP contribution in [0.3, 0.4) is 0 Å². The van der Waals surface area contributed by atoms with Gasteiger partial charge in [0.15, 0.2) is 0 Å². The van der Waals surface area contributed by atoms with Gasteiger partial charge < -0.3 is 10.0 Å². The van der Waals surface area contributed by atoms with E-state index in [1.165, 1.54) is 22.3 Å². The van der Waals surface area contributed by atoms with Crippen LogP contribution in [0.5, 0.6) is 0 Å². The highest BCUT2D eigenvalue weighted by atomic mass is 16.3. The van der Waals surface area contributed by atoms with Crippen molar-refractivity contribution in [1.82, 2.24) is 4.98 Å². The third kappa shape index (κ3) is 2.10. The first-order chi connectivity index (χ1) is 9.16. The summed E-state index contributed by atoms with van der Waals surface area (Å²) in [6.45, 7) is 4.81. The van der Waals surface area contributed by atoms with Crippen LogP contribution in [0.4, 0.5) is 5.69 Å². The average Bonchev–Trinajstić information content (AvgIpc) is 2.82. The summed E-state index contributed by atoms with van der Waals surface area (Å²) >= 11 is 0. The van der Waals surface area contributed by atoms with Crippen molar-refractivity contribution in [3.05, 3.63) is 47.8 Å². The van der Waals surface area contributed by atoms with Crippen LogP contribution in [-0.2, 0) is 6.42 Å². The number of nitrogens with zero attached hydrogens (tertiary/aromatic N) is 2. The van der Waals surface area contributed by atoms with Gasteiger partial charge in [0, 0.05) is 30.2 Å². The molecule has 19 heavy (non-hydrogen) atoms. The van der Waals surface area contributed by atoms with E-state index in [4.69, 9.17) is 0 Å². The molecule has 3 heteroatoms. The monoisotopic (exact) mass is 254 g/mol. The molecular weight excluding hydrogens is 236 g/mol. The van der Waals surface area contributed by atoms with E-state index in [0.29, 0.717) is 0 Å². The first-order valence-corrected chi connectivity index (χ1v) is 6.65. The topological polar surface area (TPSA) is 36.4 Å². The smallest absolute Gasteiger partial charge is 0.124 e. The number of anilines is 1. The molecule has 0 fully saturated rings. The molecule has 0 aliphatic carbocycles. The van der Waals surface area contributed by atoms with Crippen molar-refractivity contribution in [2.45, 2.75) is 26.5 Å². The lowest BCUT2D eigenvalue weighted by Crippen LogP contribution is -2.30. The van der Waals surface area contributed by atoms with Gasteiger partial charge in [0.05, 0.1) is 0 Å². The Labute approximate surface area is 113 Å². The van der Waals surface area contributed by atoms with Gasteiger partial charge in [-0.05, 0) is 55.2 Å². The molecule has 0 radical (unpaired) electrons. The summed E-state index contributed by atoms with van der Waals surface area (Å²) in [5.74, 6) is 0. The molecule has 1 atom stereocenters. The Balaban J connectivity index is 2.02. The fourth-order valence-electron chi connectivity index (χ4n) is 2.75. The lowest BCUT2D eigenvalue weighted by molar-refractivity contribution is 0.191. The highest BCUT2D eigenvalue weighted by Crippen LogP contribution is 2.33. The average molecular weight is 254 g/mol. The van der Waals surface area contributed by atoms with Crippen LogP contribution in [-0.4, -0.2) is 22.9 Å². The van der Waals surface area contributed by atoms with Crippen LogP contribution in [0.25, 0.3) is 11.1 Å². The molecule has 1 aromatic carbocycles. The number of pyridine rings is 1. The molecule has 0 saturated heterocycles. The molecule has 2 aromatic rings. The van der Waals surface area contributed by atoms with Crippen molar-refractivity contribution in [1.29, 1.82) is 0 Å². The zero-order valence-electron chi connectivity index (χ0n) is 11.3. The zero-order valence-corrected chi connectivity index (χ0v) is 11.3. The quantitative estimate of drug-likeness (QED) is 0.895. The number of hydrogen-bond donors (Lipinski definition) is 1. The summed E-state index contributed by atoms with van der Waals surface area (Å²) in [4.78, 5) is 6.25. The van der Waals surface area contributed by atoms with E-state index in [9.17, 15) is 5.11 Å². The molecule has 0 bridgehead atoms. The van der Waals surface area contributed by atoms with E-state index >= 15 is 0 Å². The molecule has 1 aliphatic heterocycles. The summed E-state index contributed by atoms with van der Waals surface area (Å²) in [5, 5.41) is 9.75. The van der Waals surface area contributed by atoms with Crippen LogP contribution >= 0.6 is 0 Å². The summed E-state index contributed by atoms with van der Waals surface area (Å²) < 4.78 is 0. The minimum absolute atomic E-state index is 0.424. The summed E-state index contributed by atoms with van der Waals surface area (Å²) in [5.41, 5.74) is 6.08. The first kappa shape index (κ1) is 12.2. The maximum Gasteiger partial charge on any atom is 0.124 e. The van der Waals surface area contributed by atoms with Gasteiger partial charge in [0.2, 0.25) is 0 Å². The van der Waals surface area contributed by atoms with Crippen LogP contribution < -0.4 is 4.90 Å². The molecule has 1 aliphatic rings. The van der Waals surface area contributed by atoms with E-state index in [-0.39, 0.29) is 0 Å². The second kappa shape index (κ2) is 4.67. The van der Waals surface area contributed by atoms with Crippen molar-refractivity contribution >= 4 is 5.69 Å². The number of hydrogen-bond acceptors (Lipinski definition) is 3. The SMILES string of the molecule is Cc1ccncc1-c1ccc2c(c1)CCN2C(C)O. The van der Waals surface area contributed by atoms with Crippen LogP contribution in [0.1, 0.15) is 18.1 Å². The number of benzene rings is 1. The van der Waals surface area contributed by atoms with Crippen LogP contribution in [0.15, 0.2) is 36.7 Å². The van der Waals surface area contributed by atoms with Gasteiger partial charge >= 0.3 is 0 Å². The lowest BCUT2D eigenvalue weighted by atomic mass is 10.00. The van der Waals surface area contributed by atoms with Gasteiger partial charge in [0.1, 0.15) is 6.23 Å². The highest BCUT2D eigenvalue weighted by Gasteiger charge is 2.22. The number of aromatic nitrogens is 1. The minimum atomic E-state index is -0.424. The Kier molecular flexibility index (Phi) is 2.99. The van der Waals surface area contributed by atoms with Gasteiger partial charge in [-0.25, -0.2) is 0 Å². The van der Waals surface area contributed by atoms with E-state index in [1.54, 1.807) is 0 Å². The third-order valence-corrected chi connectivity index (χ3v) is 3.81. The van der Waals surface area contributed by atoms with Gasteiger partial charge in [0.25, 0.3) is 0 Å². The Morgan fingerprint density at radius 2 is 2.16 bits per heavy atom. The Morgan fingerprint density at radius 3 is 2.89 bits per heavy atom. The minimum Gasteiger partial charge on any atom is -0.374 e. The number of fused-ring (bicyclic) bond motifs is 1. The Bertz CT molecular complexity index is 607. The van der Waals surface area contributed by atoms with E-state index in [1.807, 2.05) is 30.3 Å². The highest BCUT2D eigenvalue weighted by molar-refractivity contribution is 5.72. The normalized spacial score (nSPS) is 15.4. The molecule has 98 valence electrons. The predicted octanol–water partition coefficient (Wildman–Crippen LogP) is 2.76. The molecule has 0 amide bonds. The van der Waals surface area contributed by atoms with E-state index < -0.39 is 6.23 Å². The largest absolute Gasteiger partial charge is 0.374 e. The molecular formula is C16H18N2O. The Hall–Kier alpha value is -1.87. The van der Waals surface area contributed by atoms with Crippen LogP contribution in [0, 0.1) is 6.92 Å². The standard InChI is InChI=1S/C16H18N2O/c1-11-5-7-17-10-15(11)13-3-4-16-14(9-13)6-8-18(16)12(2)19/h3-5,7,9-10,12,19H,6,8H2,1-2H3. The van der Waals surface area contributed by atoms with Gasteiger partial charge in [-0.2, -0.15) is 0 Å². The molecule has 1 N–H and O–H groups in total. The summed E-state index contributed by atoms with van der Waals surface area (Å²) in [6, 6.07) is 8.48. The zero-order chi connectivity index (χ0) is 13.4. The summed E-state index contributed by atoms with van der Waals surface area (Å²) in [7, 11) is 0. The van der Waals surface area contributed by atoms with Crippen molar-refractivity contribution in [2.24, 2.45) is 0 Å². The van der Waals surface area contributed by atoms with Crippen molar-refractivity contribution in [3.8, 4) is 11.1 Å². The van der Waals surface area contributed by atoms with Crippen molar-refractivity contribution in [2.75, 3.05) is 11.4 Å². The van der Waals surface area contributed by atoms with Gasteiger partial charge in [-0.3, -0.25) is 4.98 Å². The number of aliphatic hydroxyl groups excluding tert-OH is 1. The van der Waals surface area contributed by atoms with Crippen LogP contribution in [0.2, 0.25) is 0 Å². The lowest BCUT2D eigenvalue weighted by Gasteiger charge is -2.22. The fraction of sp³-hybridized carbons (Fsp3) is 0.312. The van der Waals surface area contributed by atoms with E-state index in [0.717, 1.165) is 18.7 Å². The van der Waals surface area contributed by atoms with E-state index in [2.05, 4.69) is 30.1 Å². The molecule has 0 spiro atoms.